The average molecular weight is 323 g/mol. The minimum atomic E-state index is 0.451. The van der Waals surface area contributed by atoms with Crippen LogP contribution < -0.4 is 10.6 Å². The largest absolute Gasteiger partial charge is 0.382 e. The van der Waals surface area contributed by atoms with Crippen LogP contribution >= 0.6 is 0 Å². The maximum atomic E-state index is 6.23. The van der Waals surface area contributed by atoms with Crippen LogP contribution in [0.5, 0.6) is 0 Å². The lowest BCUT2D eigenvalue weighted by atomic mass is 9.93. The molecule has 3 heterocycles. The fourth-order valence-corrected chi connectivity index (χ4v) is 3.91. The van der Waals surface area contributed by atoms with Crippen LogP contribution in [0.2, 0.25) is 0 Å². The monoisotopic (exact) mass is 323 g/mol. The van der Waals surface area contributed by atoms with Gasteiger partial charge in [0.25, 0.3) is 0 Å². The van der Waals surface area contributed by atoms with Gasteiger partial charge in [-0.1, -0.05) is 38.8 Å². The average Bonchev–Trinajstić information content (AvgIpc) is 2.95. The van der Waals surface area contributed by atoms with E-state index in [1.54, 1.807) is 0 Å². The van der Waals surface area contributed by atoms with Gasteiger partial charge in [0.1, 0.15) is 5.52 Å². The van der Waals surface area contributed by atoms with Crippen molar-refractivity contribution in [1.29, 1.82) is 0 Å². The van der Waals surface area contributed by atoms with E-state index in [-0.39, 0.29) is 0 Å². The lowest BCUT2D eigenvalue weighted by molar-refractivity contribution is 0.594. The van der Waals surface area contributed by atoms with Crippen molar-refractivity contribution in [3.8, 4) is 0 Å². The van der Waals surface area contributed by atoms with E-state index in [0.29, 0.717) is 11.7 Å². The fourth-order valence-electron chi connectivity index (χ4n) is 3.91. The summed E-state index contributed by atoms with van der Waals surface area (Å²) in [4.78, 5) is 11.8. The summed E-state index contributed by atoms with van der Waals surface area (Å²) in [6, 6.07) is 6.34. The lowest BCUT2D eigenvalue weighted by Gasteiger charge is -2.26. The summed E-state index contributed by atoms with van der Waals surface area (Å²) in [6.07, 6.45) is 3.66. The van der Waals surface area contributed by atoms with Crippen molar-refractivity contribution in [3.05, 3.63) is 23.8 Å². The molecule has 0 radical (unpaired) electrons. The summed E-state index contributed by atoms with van der Waals surface area (Å²) in [6.45, 7) is 6.47. The molecule has 5 heteroatoms. The van der Waals surface area contributed by atoms with E-state index in [0.717, 1.165) is 35.6 Å². The molecular formula is C19H25N5. The molecule has 1 unspecified atom stereocenters. The summed E-state index contributed by atoms with van der Waals surface area (Å²) < 4.78 is 2.35. The second kappa shape index (κ2) is 5.65. The van der Waals surface area contributed by atoms with Crippen LogP contribution in [0, 0.1) is 0 Å². The van der Waals surface area contributed by atoms with Crippen molar-refractivity contribution >= 4 is 33.7 Å². The third-order valence-electron chi connectivity index (χ3n) is 5.17. The van der Waals surface area contributed by atoms with Crippen molar-refractivity contribution in [3.63, 3.8) is 0 Å². The third-order valence-corrected chi connectivity index (χ3v) is 5.17. The van der Waals surface area contributed by atoms with Crippen LogP contribution in [-0.4, -0.2) is 28.1 Å². The summed E-state index contributed by atoms with van der Waals surface area (Å²) in [5.41, 5.74) is 10.6. The number of anilines is 2. The van der Waals surface area contributed by atoms with E-state index >= 15 is 0 Å². The van der Waals surface area contributed by atoms with Gasteiger partial charge in [0.05, 0.1) is 11.0 Å². The quantitative estimate of drug-likeness (QED) is 0.723. The first kappa shape index (κ1) is 15.2. The van der Waals surface area contributed by atoms with E-state index < -0.39 is 0 Å². The summed E-state index contributed by atoms with van der Waals surface area (Å²) >= 11 is 0. The number of rotatable bonds is 5. The Balaban J connectivity index is 1.93. The van der Waals surface area contributed by atoms with E-state index in [4.69, 9.17) is 10.7 Å². The lowest BCUT2D eigenvalue weighted by Crippen LogP contribution is -2.24. The summed E-state index contributed by atoms with van der Waals surface area (Å²) in [5.74, 6) is 2.00. The molecule has 0 bridgehead atoms. The molecular weight excluding hydrogens is 298 g/mol. The molecule has 1 atom stereocenters. The second-order valence-corrected chi connectivity index (χ2v) is 6.99. The molecule has 126 valence electrons. The number of hydrogen-bond acceptors (Lipinski definition) is 4. The molecule has 0 saturated carbocycles. The Kier molecular flexibility index (Phi) is 3.59. The maximum Gasteiger partial charge on any atom is 0.206 e. The van der Waals surface area contributed by atoms with Gasteiger partial charge in [0, 0.05) is 25.5 Å². The highest BCUT2D eigenvalue weighted by atomic mass is 15.3. The molecule has 0 aliphatic carbocycles. The first-order chi connectivity index (χ1) is 11.6. The molecule has 0 amide bonds. The van der Waals surface area contributed by atoms with Gasteiger partial charge in [-0.05, 0) is 24.0 Å². The molecule has 0 spiro atoms. The number of imidazole rings is 1. The van der Waals surface area contributed by atoms with E-state index in [2.05, 4.69) is 53.5 Å². The number of unbranched alkanes of at least 4 members (excludes halogenated alkanes) is 2. The Labute approximate surface area is 142 Å². The molecule has 1 aliphatic rings. The molecule has 1 aliphatic heterocycles. The highest BCUT2D eigenvalue weighted by molar-refractivity contribution is 6.09. The topological polar surface area (TPSA) is 60.0 Å². The molecule has 2 aromatic heterocycles. The zero-order valence-corrected chi connectivity index (χ0v) is 14.7. The smallest absolute Gasteiger partial charge is 0.206 e. The van der Waals surface area contributed by atoms with E-state index in [9.17, 15) is 0 Å². The van der Waals surface area contributed by atoms with Crippen LogP contribution in [0.1, 0.15) is 44.6 Å². The van der Waals surface area contributed by atoms with Gasteiger partial charge in [-0.25, -0.2) is 9.97 Å². The highest BCUT2D eigenvalue weighted by Crippen LogP contribution is 2.40. The fraction of sp³-hybridized carbons (Fsp3) is 0.474. The standard InChI is InChI=1S/C19H25N5/c1-4-5-6-10-23(3)19-22-16-17-15-13(12(2)11-24(17)19)8-7-9-14(15)21-18(16)20/h7-9,12H,4-6,10-11H2,1-3H3,(H2,20,21). The predicted octanol–water partition coefficient (Wildman–Crippen LogP) is 3.91. The van der Waals surface area contributed by atoms with Crippen LogP contribution in [0.15, 0.2) is 18.2 Å². The minimum absolute atomic E-state index is 0.451. The van der Waals surface area contributed by atoms with Crippen molar-refractivity contribution in [1.82, 2.24) is 14.5 Å². The van der Waals surface area contributed by atoms with Crippen molar-refractivity contribution in [2.24, 2.45) is 0 Å². The van der Waals surface area contributed by atoms with Crippen LogP contribution in [0.25, 0.3) is 21.9 Å². The van der Waals surface area contributed by atoms with E-state index in [1.807, 2.05) is 0 Å². The van der Waals surface area contributed by atoms with Gasteiger partial charge < -0.3 is 15.2 Å². The molecule has 3 aromatic rings. The Morgan fingerprint density at radius 2 is 2.12 bits per heavy atom. The van der Waals surface area contributed by atoms with E-state index in [1.165, 1.54) is 30.2 Å². The van der Waals surface area contributed by atoms with Gasteiger partial charge in [0.15, 0.2) is 5.82 Å². The minimum Gasteiger partial charge on any atom is -0.382 e. The number of nitrogens with zero attached hydrogens (tertiary/aromatic N) is 4. The van der Waals surface area contributed by atoms with Gasteiger partial charge in [-0.15, -0.1) is 0 Å². The van der Waals surface area contributed by atoms with Gasteiger partial charge in [-0.2, -0.15) is 0 Å². The van der Waals surface area contributed by atoms with Crippen molar-refractivity contribution < 1.29 is 0 Å². The Morgan fingerprint density at radius 1 is 1.29 bits per heavy atom. The molecule has 1 aromatic carbocycles. The number of hydrogen-bond donors (Lipinski definition) is 1. The molecule has 0 saturated heterocycles. The van der Waals surface area contributed by atoms with Crippen LogP contribution in [0.4, 0.5) is 11.8 Å². The molecule has 24 heavy (non-hydrogen) atoms. The molecule has 4 rings (SSSR count). The Morgan fingerprint density at radius 3 is 2.92 bits per heavy atom. The molecule has 2 N–H and O–H groups in total. The first-order valence-electron chi connectivity index (χ1n) is 8.91. The van der Waals surface area contributed by atoms with Gasteiger partial charge in [-0.3, -0.25) is 0 Å². The first-order valence-corrected chi connectivity index (χ1v) is 8.91. The molecule has 0 fully saturated rings. The van der Waals surface area contributed by atoms with Gasteiger partial charge >= 0.3 is 0 Å². The maximum absolute atomic E-state index is 6.23. The highest BCUT2D eigenvalue weighted by Gasteiger charge is 2.27. The zero-order valence-electron chi connectivity index (χ0n) is 14.7. The predicted molar refractivity (Wildman–Crippen MR) is 101 cm³/mol. The number of nitrogen functional groups attached to an aromatic ring is 1. The van der Waals surface area contributed by atoms with Crippen LogP contribution in [-0.2, 0) is 6.54 Å². The Hall–Kier alpha value is -2.30. The normalized spacial score (nSPS) is 16.4. The number of aromatic nitrogens is 3. The van der Waals surface area contributed by atoms with Crippen molar-refractivity contribution in [2.45, 2.75) is 45.6 Å². The summed E-state index contributed by atoms with van der Waals surface area (Å²) in [7, 11) is 2.13. The molecule has 5 nitrogen and oxygen atoms in total. The third kappa shape index (κ3) is 2.14. The SMILES string of the molecule is CCCCCN(C)c1nc2c(N)nc3cccc4c3c2n1CC4C. The van der Waals surface area contributed by atoms with Gasteiger partial charge in [0.2, 0.25) is 5.95 Å². The number of pyridine rings is 1. The summed E-state index contributed by atoms with van der Waals surface area (Å²) in [5, 5.41) is 1.22. The van der Waals surface area contributed by atoms with Crippen molar-refractivity contribution in [2.75, 3.05) is 24.2 Å². The second-order valence-electron chi connectivity index (χ2n) is 6.99. The number of benzene rings is 1. The van der Waals surface area contributed by atoms with Crippen LogP contribution in [0.3, 0.4) is 0 Å². The number of nitrogens with two attached hydrogens (primary N) is 1. The zero-order chi connectivity index (χ0) is 16.8. The Bertz CT molecular complexity index is 911.